The Morgan fingerprint density at radius 2 is 1.00 bits per heavy atom. The first-order chi connectivity index (χ1) is 18.8. The molecule has 0 amide bonds. The van der Waals surface area contributed by atoms with E-state index >= 15 is 0 Å². The van der Waals surface area contributed by atoms with Crippen LogP contribution >= 0.6 is 0 Å². The summed E-state index contributed by atoms with van der Waals surface area (Å²) in [6, 6.07) is 31.6. The van der Waals surface area contributed by atoms with Crippen molar-refractivity contribution in [1.82, 2.24) is 0 Å². The van der Waals surface area contributed by atoms with E-state index in [4.69, 9.17) is 0 Å². The minimum atomic E-state index is -2.07. The average Bonchev–Trinajstić information content (AvgIpc) is 2.93. The van der Waals surface area contributed by atoms with E-state index in [1.807, 2.05) is 24.3 Å². The van der Waals surface area contributed by atoms with Gasteiger partial charge in [-0.3, -0.25) is 0 Å². The smallest absolute Gasteiger partial charge is 0.251 e. The first kappa shape index (κ1) is 22.8. The second-order valence-electron chi connectivity index (χ2n) is 11.4. The molecule has 0 aromatic heterocycles. The van der Waals surface area contributed by atoms with E-state index in [0.717, 1.165) is 28.3 Å². The molecule has 2 nitrogen and oxygen atoms in total. The van der Waals surface area contributed by atoms with Crippen LogP contribution in [0.2, 0.25) is 13.1 Å². The highest BCUT2D eigenvalue weighted by Crippen LogP contribution is 2.44. The topological polar surface area (TPSA) is 6.48 Å². The third kappa shape index (κ3) is 2.95. The van der Waals surface area contributed by atoms with Crippen molar-refractivity contribution in [3.63, 3.8) is 0 Å². The molecule has 8 rings (SSSR count). The molecule has 3 aliphatic rings. The molecular weight excluding hydrogens is 501 g/mol. The number of anilines is 6. The number of aryl methyl sites for hydroxylation is 1. The van der Waals surface area contributed by atoms with Gasteiger partial charge < -0.3 is 9.80 Å². The normalized spacial score (nSPS) is 15.4. The zero-order valence-corrected chi connectivity index (χ0v) is 23.0. The van der Waals surface area contributed by atoms with E-state index in [1.54, 1.807) is 0 Å². The summed E-state index contributed by atoms with van der Waals surface area (Å²) in [7, 11) is -2.07. The van der Waals surface area contributed by atoms with E-state index < -0.39 is 8.07 Å². The number of rotatable bonds is 2. The molecule has 0 bridgehead atoms. The van der Waals surface area contributed by atoms with E-state index in [1.165, 1.54) is 62.4 Å². The fourth-order valence-corrected chi connectivity index (χ4v) is 10.4. The highest BCUT2D eigenvalue weighted by molar-refractivity contribution is 7.16. The van der Waals surface area contributed by atoms with Crippen LogP contribution in [0.15, 0.2) is 97.1 Å². The van der Waals surface area contributed by atoms with Crippen molar-refractivity contribution >= 4 is 75.7 Å². The Balaban J connectivity index is 1.54. The van der Waals surface area contributed by atoms with Crippen molar-refractivity contribution in [3.05, 3.63) is 114 Å². The van der Waals surface area contributed by atoms with Crippen molar-refractivity contribution in [2.75, 3.05) is 9.80 Å². The zero-order chi connectivity index (χ0) is 26.6. The molecular formula is C33H25BF2N2Si. The second kappa shape index (κ2) is 7.70. The molecule has 3 aliphatic heterocycles. The van der Waals surface area contributed by atoms with Gasteiger partial charge in [0.2, 0.25) is 0 Å². The largest absolute Gasteiger partial charge is 0.311 e. The van der Waals surface area contributed by atoms with Crippen LogP contribution in [-0.4, -0.2) is 14.8 Å². The summed E-state index contributed by atoms with van der Waals surface area (Å²) >= 11 is 0. The Hall–Kier alpha value is -4.16. The molecule has 0 unspecified atom stereocenters. The number of hydrogen-bond donors (Lipinski definition) is 0. The van der Waals surface area contributed by atoms with Gasteiger partial charge in [-0.15, -0.1) is 0 Å². The Morgan fingerprint density at radius 1 is 0.564 bits per heavy atom. The van der Waals surface area contributed by atoms with Gasteiger partial charge in [-0.05, 0) is 102 Å². The quantitative estimate of drug-likeness (QED) is 0.275. The van der Waals surface area contributed by atoms with Crippen LogP contribution < -0.4 is 36.6 Å². The Kier molecular flexibility index (Phi) is 4.50. The van der Waals surface area contributed by atoms with Gasteiger partial charge in [0, 0.05) is 34.1 Å². The van der Waals surface area contributed by atoms with Crippen LogP contribution in [0.3, 0.4) is 0 Å². The number of benzene rings is 5. The fourth-order valence-electron chi connectivity index (χ4n) is 7.19. The Morgan fingerprint density at radius 3 is 1.44 bits per heavy atom. The Labute approximate surface area is 228 Å². The van der Waals surface area contributed by atoms with E-state index in [2.05, 4.69) is 78.3 Å². The lowest BCUT2D eigenvalue weighted by atomic mass is 9.33. The number of hydrogen-bond acceptors (Lipinski definition) is 2. The third-order valence-corrected chi connectivity index (χ3v) is 12.4. The molecule has 0 atom stereocenters. The van der Waals surface area contributed by atoms with Crippen LogP contribution in [0.4, 0.5) is 42.9 Å². The molecule has 0 N–H and O–H groups in total. The van der Waals surface area contributed by atoms with Gasteiger partial charge in [0.05, 0.1) is 0 Å². The van der Waals surface area contributed by atoms with Gasteiger partial charge in [-0.1, -0.05) is 47.7 Å². The molecule has 3 heterocycles. The molecule has 5 aromatic rings. The first-order valence-electron chi connectivity index (χ1n) is 13.4. The van der Waals surface area contributed by atoms with Crippen molar-refractivity contribution in [1.29, 1.82) is 0 Å². The molecule has 0 aliphatic carbocycles. The van der Waals surface area contributed by atoms with Gasteiger partial charge in [0.25, 0.3) is 6.71 Å². The standard InChI is InChI=1S/C33H25BF2N2Si/c1-20-18-27-31-28(19-20)38(24-16-12-22(36)13-17-24)26-7-5-9-30-33(26)34(31)32-25(6-4-8-29(32)39(30,2)3)37(27)23-14-10-21(35)11-15-23/h4-19H,1-3H3. The highest BCUT2D eigenvalue weighted by Gasteiger charge is 2.51. The third-order valence-electron chi connectivity index (χ3n) is 8.79. The lowest BCUT2D eigenvalue weighted by molar-refractivity contribution is 0.627. The van der Waals surface area contributed by atoms with Crippen LogP contribution in [0, 0.1) is 18.6 Å². The summed E-state index contributed by atoms with van der Waals surface area (Å²) < 4.78 is 28.1. The highest BCUT2D eigenvalue weighted by atomic mass is 28.3. The summed E-state index contributed by atoms with van der Waals surface area (Å²) in [6.45, 7) is 7.11. The average molecular weight is 526 g/mol. The van der Waals surface area contributed by atoms with E-state index in [9.17, 15) is 8.78 Å². The minimum Gasteiger partial charge on any atom is -0.311 e. The van der Waals surface area contributed by atoms with Crippen LogP contribution in [0.5, 0.6) is 0 Å². The van der Waals surface area contributed by atoms with E-state index in [-0.39, 0.29) is 18.3 Å². The maximum Gasteiger partial charge on any atom is 0.251 e. The lowest BCUT2D eigenvalue weighted by Gasteiger charge is -2.50. The van der Waals surface area contributed by atoms with Crippen molar-refractivity contribution in [2.45, 2.75) is 20.0 Å². The molecule has 0 radical (unpaired) electrons. The SMILES string of the molecule is Cc1cc2c3c(c1)N(c1ccc(F)cc1)c1cccc4c1B3c1c(cccc1[Si]4(C)C)N2c1ccc(F)cc1. The van der Waals surface area contributed by atoms with Gasteiger partial charge in [-0.25, -0.2) is 8.78 Å². The zero-order valence-electron chi connectivity index (χ0n) is 22.0. The molecule has 0 saturated heterocycles. The molecule has 0 saturated carbocycles. The number of halogens is 2. The fraction of sp³-hybridized carbons (Fsp3) is 0.0909. The maximum atomic E-state index is 14.1. The van der Waals surface area contributed by atoms with Gasteiger partial charge in [0.1, 0.15) is 19.7 Å². The van der Waals surface area contributed by atoms with E-state index in [0.29, 0.717) is 0 Å². The summed E-state index contributed by atoms with van der Waals surface area (Å²) in [4.78, 5) is 4.62. The van der Waals surface area contributed by atoms with Crippen LogP contribution in [0.1, 0.15) is 5.56 Å². The summed E-state index contributed by atoms with van der Waals surface area (Å²) in [5.74, 6) is -0.491. The van der Waals surface area contributed by atoms with Crippen LogP contribution in [0.25, 0.3) is 0 Å². The second-order valence-corrected chi connectivity index (χ2v) is 15.7. The van der Waals surface area contributed by atoms with Crippen LogP contribution in [-0.2, 0) is 0 Å². The molecule has 5 aromatic carbocycles. The maximum absolute atomic E-state index is 14.1. The molecule has 0 spiro atoms. The number of nitrogens with zero attached hydrogens (tertiary/aromatic N) is 2. The van der Waals surface area contributed by atoms with Crippen molar-refractivity contribution in [3.8, 4) is 0 Å². The minimum absolute atomic E-state index is 0.0990. The van der Waals surface area contributed by atoms with Gasteiger partial charge in [0.15, 0.2) is 0 Å². The first-order valence-corrected chi connectivity index (χ1v) is 16.4. The predicted molar refractivity (Wildman–Crippen MR) is 162 cm³/mol. The van der Waals surface area contributed by atoms with Crippen molar-refractivity contribution in [2.24, 2.45) is 0 Å². The molecule has 39 heavy (non-hydrogen) atoms. The summed E-state index contributed by atoms with van der Waals surface area (Å²) in [5.41, 5.74) is 11.6. The molecule has 6 heteroatoms. The van der Waals surface area contributed by atoms with Gasteiger partial charge in [-0.2, -0.15) is 0 Å². The predicted octanol–water partition coefficient (Wildman–Crippen LogP) is 5.49. The van der Waals surface area contributed by atoms with Crippen molar-refractivity contribution < 1.29 is 8.78 Å². The monoisotopic (exact) mass is 526 g/mol. The summed E-state index contributed by atoms with van der Waals surface area (Å²) in [6.07, 6.45) is 0. The summed E-state index contributed by atoms with van der Waals surface area (Å²) in [5, 5.41) is 2.91. The molecule has 0 fully saturated rings. The molecule has 188 valence electrons. The lowest BCUT2D eigenvalue weighted by Crippen LogP contribution is -2.79. The van der Waals surface area contributed by atoms with Gasteiger partial charge >= 0.3 is 0 Å². The Bertz CT molecular complexity index is 1700.